The number of carbonyl (C=O) groups excluding carboxylic acids is 1. The zero-order valence-corrected chi connectivity index (χ0v) is 15.2. The number of hydrogen-bond donors (Lipinski definition) is 0. The molecule has 25 heavy (non-hydrogen) atoms. The average molecular weight is 344 g/mol. The Kier molecular flexibility index (Phi) is 4.59. The number of carbonyl (C=O) groups is 1. The van der Waals surface area contributed by atoms with Gasteiger partial charge in [0.05, 0.1) is 5.92 Å². The van der Waals surface area contributed by atoms with E-state index < -0.39 is 0 Å². The van der Waals surface area contributed by atoms with Crippen molar-refractivity contribution in [1.82, 2.24) is 9.80 Å². The molecule has 0 saturated carbocycles. The van der Waals surface area contributed by atoms with Gasteiger partial charge in [-0.05, 0) is 63.9 Å². The fraction of sp³-hybridized carbons (Fsp3) is 0.650. The molecule has 0 radical (unpaired) electrons. The van der Waals surface area contributed by atoms with Gasteiger partial charge in [0, 0.05) is 18.6 Å². The minimum absolute atomic E-state index is 0.150. The largest absolute Gasteiger partial charge is 0.486 e. The highest BCUT2D eigenvalue weighted by Crippen LogP contribution is 2.35. The molecule has 4 rings (SSSR count). The number of likely N-dealkylation sites (N-methyl/N-ethyl adjacent to an activating group) is 1. The van der Waals surface area contributed by atoms with Crippen LogP contribution >= 0.6 is 0 Å². The van der Waals surface area contributed by atoms with E-state index in [4.69, 9.17) is 9.47 Å². The van der Waals surface area contributed by atoms with Crippen LogP contribution in [0.25, 0.3) is 0 Å². The van der Waals surface area contributed by atoms with E-state index >= 15 is 0 Å². The van der Waals surface area contributed by atoms with Crippen molar-refractivity contribution in [2.24, 2.45) is 0 Å². The van der Waals surface area contributed by atoms with Crippen molar-refractivity contribution in [3.8, 4) is 11.5 Å². The molecule has 0 spiro atoms. The molecule has 5 nitrogen and oxygen atoms in total. The molecular weight excluding hydrogens is 316 g/mol. The molecule has 2 saturated heterocycles. The summed E-state index contributed by atoms with van der Waals surface area (Å²) in [5.74, 6) is 1.64. The van der Waals surface area contributed by atoms with Gasteiger partial charge in [-0.15, -0.1) is 0 Å². The van der Waals surface area contributed by atoms with Crippen LogP contribution in [0, 0.1) is 0 Å². The number of fused-ring (bicyclic) bond motifs is 1. The fourth-order valence-electron chi connectivity index (χ4n) is 4.61. The van der Waals surface area contributed by atoms with Gasteiger partial charge in [-0.3, -0.25) is 4.79 Å². The van der Waals surface area contributed by atoms with Crippen LogP contribution in [0.1, 0.15) is 44.1 Å². The lowest BCUT2D eigenvalue weighted by Gasteiger charge is -2.34. The summed E-state index contributed by atoms with van der Waals surface area (Å²) >= 11 is 0. The molecule has 1 aromatic carbocycles. The minimum atomic E-state index is -0.150. The second kappa shape index (κ2) is 6.87. The first-order chi connectivity index (χ1) is 12.1. The molecule has 1 amide bonds. The maximum Gasteiger partial charge on any atom is 0.230 e. The van der Waals surface area contributed by atoms with Crippen LogP contribution in [0.15, 0.2) is 18.2 Å². The molecule has 0 bridgehead atoms. The van der Waals surface area contributed by atoms with Crippen LogP contribution < -0.4 is 9.47 Å². The summed E-state index contributed by atoms with van der Waals surface area (Å²) in [4.78, 5) is 17.8. The van der Waals surface area contributed by atoms with Crippen LogP contribution in [0.3, 0.4) is 0 Å². The van der Waals surface area contributed by atoms with E-state index in [1.165, 1.54) is 12.8 Å². The first-order valence-corrected chi connectivity index (χ1v) is 9.55. The molecule has 0 aromatic heterocycles. The highest BCUT2D eigenvalue weighted by molar-refractivity contribution is 5.84. The number of amides is 1. The summed E-state index contributed by atoms with van der Waals surface area (Å²) in [6.07, 6.45) is 4.71. The van der Waals surface area contributed by atoms with Gasteiger partial charge in [-0.1, -0.05) is 6.07 Å². The van der Waals surface area contributed by atoms with Gasteiger partial charge in [0.25, 0.3) is 0 Å². The first kappa shape index (κ1) is 16.7. The van der Waals surface area contributed by atoms with Gasteiger partial charge < -0.3 is 19.3 Å². The Hall–Kier alpha value is -1.75. The number of likely N-dealkylation sites (tertiary alicyclic amines) is 2. The van der Waals surface area contributed by atoms with Gasteiger partial charge in [0.15, 0.2) is 11.5 Å². The molecule has 3 unspecified atom stereocenters. The third kappa shape index (κ3) is 3.10. The lowest BCUT2D eigenvalue weighted by Crippen LogP contribution is -2.48. The average Bonchev–Trinajstić information content (AvgIpc) is 3.28. The molecule has 3 heterocycles. The maximum absolute atomic E-state index is 13.2. The van der Waals surface area contributed by atoms with Gasteiger partial charge in [0.2, 0.25) is 5.91 Å². The summed E-state index contributed by atoms with van der Waals surface area (Å²) in [6, 6.07) is 6.81. The Bertz CT molecular complexity index is 648. The van der Waals surface area contributed by atoms with E-state index in [0.29, 0.717) is 25.3 Å². The molecule has 0 N–H and O–H groups in total. The van der Waals surface area contributed by atoms with Gasteiger partial charge >= 0.3 is 0 Å². The second-order valence-corrected chi connectivity index (χ2v) is 7.56. The Morgan fingerprint density at radius 3 is 2.56 bits per heavy atom. The van der Waals surface area contributed by atoms with Gasteiger partial charge in [-0.2, -0.15) is 0 Å². The molecule has 1 aromatic rings. The fourth-order valence-corrected chi connectivity index (χ4v) is 4.61. The molecule has 5 heteroatoms. The predicted octanol–water partition coefficient (Wildman–Crippen LogP) is 2.65. The molecule has 3 atom stereocenters. The lowest BCUT2D eigenvalue weighted by molar-refractivity contribution is -0.134. The van der Waals surface area contributed by atoms with Crippen molar-refractivity contribution in [3.05, 3.63) is 23.8 Å². The van der Waals surface area contributed by atoms with Crippen molar-refractivity contribution in [3.63, 3.8) is 0 Å². The van der Waals surface area contributed by atoms with Crippen molar-refractivity contribution < 1.29 is 14.3 Å². The maximum atomic E-state index is 13.2. The van der Waals surface area contributed by atoms with E-state index in [1.807, 2.05) is 25.1 Å². The monoisotopic (exact) mass is 344 g/mol. The smallest absolute Gasteiger partial charge is 0.230 e. The molecule has 2 fully saturated rings. The Morgan fingerprint density at radius 1 is 1.08 bits per heavy atom. The Morgan fingerprint density at radius 2 is 1.80 bits per heavy atom. The number of hydrogen-bond acceptors (Lipinski definition) is 4. The molecule has 136 valence electrons. The summed E-state index contributed by atoms with van der Waals surface area (Å²) in [7, 11) is 2.20. The molecule has 3 aliphatic rings. The van der Waals surface area contributed by atoms with Crippen molar-refractivity contribution in [1.29, 1.82) is 0 Å². The number of benzene rings is 1. The third-order valence-electron chi connectivity index (χ3n) is 6.04. The standard InChI is InChI=1S/C20H28N2O3/c1-14(15-7-8-18-19(13-15)25-12-11-24-18)20(23)22-10-4-6-17(22)16-5-3-9-21(16)2/h7-8,13-14,16-17H,3-6,9-12H2,1-2H3. The SMILES string of the molecule is CC(C(=O)N1CCCC1C1CCCN1C)c1ccc2c(c1)OCCO2. The normalized spacial score (nSPS) is 27.5. The Labute approximate surface area is 149 Å². The van der Waals surface area contributed by atoms with E-state index in [2.05, 4.69) is 16.8 Å². The quantitative estimate of drug-likeness (QED) is 0.845. The van der Waals surface area contributed by atoms with E-state index in [0.717, 1.165) is 43.0 Å². The number of nitrogens with zero attached hydrogens (tertiary/aromatic N) is 2. The summed E-state index contributed by atoms with van der Waals surface area (Å²) in [5.41, 5.74) is 1.01. The van der Waals surface area contributed by atoms with E-state index in [9.17, 15) is 4.79 Å². The highest BCUT2D eigenvalue weighted by Gasteiger charge is 2.39. The minimum Gasteiger partial charge on any atom is -0.486 e. The zero-order valence-electron chi connectivity index (χ0n) is 15.2. The molecule has 3 aliphatic heterocycles. The van der Waals surface area contributed by atoms with Gasteiger partial charge in [-0.25, -0.2) is 0 Å². The van der Waals surface area contributed by atoms with Crippen LogP contribution in [0.4, 0.5) is 0 Å². The van der Waals surface area contributed by atoms with Gasteiger partial charge in [0.1, 0.15) is 13.2 Å². The van der Waals surface area contributed by atoms with Crippen LogP contribution in [-0.2, 0) is 4.79 Å². The lowest BCUT2D eigenvalue weighted by atomic mass is 9.97. The predicted molar refractivity (Wildman–Crippen MR) is 96.2 cm³/mol. The number of ether oxygens (including phenoxy) is 2. The third-order valence-corrected chi connectivity index (χ3v) is 6.04. The van der Waals surface area contributed by atoms with Crippen LogP contribution in [0.5, 0.6) is 11.5 Å². The highest BCUT2D eigenvalue weighted by atomic mass is 16.6. The van der Waals surface area contributed by atoms with Crippen molar-refractivity contribution in [2.75, 3.05) is 33.4 Å². The Balaban J connectivity index is 1.51. The van der Waals surface area contributed by atoms with Crippen LogP contribution in [-0.4, -0.2) is 61.1 Å². The van der Waals surface area contributed by atoms with Crippen molar-refractivity contribution >= 4 is 5.91 Å². The molecule has 0 aliphatic carbocycles. The summed E-state index contributed by atoms with van der Waals surface area (Å²) in [5, 5.41) is 0. The summed E-state index contributed by atoms with van der Waals surface area (Å²) < 4.78 is 11.3. The molecular formula is C20H28N2O3. The zero-order chi connectivity index (χ0) is 17.4. The first-order valence-electron chi connectivity index (χ1n) is 9.55. The summed E-state index contributed by atoms with van der Waals surface area (Å²) in [6.45, 7) is 5.22. The second-order valence-electron chi connectivity index (χ2n) is 7.56. The van der Waals surface area contributed by atoms with E-state index in [-0.39, 0.29) is 11.8 Å². The number of rotatable bonds is 3. The topological polar surface area (TPSA) is 42.0 Å². The van der Waals surface area contributed by atoms with E-state index in [1.54, 1.807) is 0 Å². The van der Waals surface area contributed by atoms with Crippen LogP contribution in [0.2, 0.25) is 0 Å². The van der Waals surface area contributed by atoms with Crippen molar-refractivity contribution in [2.45, 2.75) is 50.6 Å².